The van der Waals surface area contributed by atoms with E-state index in [9.17, 15) is 4.79 Å². The maximum absolute atomic E-state index is 12.4. The number of amides is 1. The largest absolute Gasteiger partial charge is 0.371 e. The van der Waals surface area contributed by atoms with Crippen molar-refractivity contribution in [2.45, 2.75) is 19.8 Å². The highest BCUT2D eigenvalue weighted by molar-refractivity contribution is 6.35. The van der Waals surface area contributed by atoms with Crippen LogP contribution < -0.4 is 10.2 Å². The number of aromatic nitrogens is 1. The number of pyridine rings is 1. The fourth-order valence-corrected chi connectivity index (χ4v) is 3.35. The molecule has 1 saturated heterocycles. The second kappa shape index (κ2) is 7.41. The van der Waals surface area contributed by atoms with Crippen LogP contribution in [0.5, 0.6) is 0 Å². The van der Waals surface area contributed by atoms with E-state index in [4.69, 9.17) is 23.2 Å². The van der Waals surface area contributed by atoms with Gasteiger partial charge in [-0.15, -0.1) is 0 Å². The molecule has 2 heterocycles. The zero-order chi connectivity index (χ0) is 17.1. The van der Waals surface area contributed by atoms with E-state index in [0.717, 1.165) is 24.7 Å². The van der Waals surface area contributed by atoms with Crippen LogP contribution in [0.2, 0.25) is 10.0 Å². The summed E-state index contributed by atoms with van der Waals surface area (Å²) in [5, 5.41) is 3.74. The number of rotatable bonds is 3. The van der Waals surface area contributed by atoms with Crippen molar-refractivity contribution in [2.75, 3.05) is 23.3 Å². The number of hydrogen-bond acceptors (Lipinski definition) is 3. The zero-order valence-corrected chi connectivity index (χ0v) is 14.9. The first-order chi connectivity index (χ1) is 11.5. The predicted molar refractivity (Wildman–Crippen MR) is 99.3 cm³/mol. The van der Waals surface area contributed by atoms with Crippen LogP contribution in [0.3, 0.4) is 0 Å². The average molecular weight is 364 g/mol. The summed E-state index contributed by atoms with van der Waals surface area (Å²) in [4.78, 5) is 18.9. The molecule has 1 aliphatic heterocycles. The van der Waals surface area contributed by atoms with E-state index in [1.165, 1.54) is 12.8 Å². The third-order valence-electron chi connectivity index (χ3n) is 4.25. The Hall–Kier alpha value is -1.78. The average Bonchev–Trinajstić information content (AvgIpc) is 2.54. The molecule has 0 spiro atoms. The van der Waals surface area contributed by atoms with Crippen molar-refractivity contribution < 1.29 is 4.79 Å². The molecule has 0 bridgehead atoms. The molecular weight excluding hydrogens is 345 g/mol. The molecule has 0 saturated carbocycles. The second-order valence-corrected chi connectivity index (χ2v) is 7.05. The second-order valence-electron chi connectivity index (χ2n) is 6.18. The molecule has 2 aromatic rings. The first-order valence-electron chi connectivity index (χ1n) is 8.00. The molecule has 3 rings (SSSR count). The van der Waals surface area contributed by atoms with Crippen molar-refractivity contribution in [3.63, 3.8) is 0 Å². The Morgan fingerprint density at radius 1 is 1.17 bits per heavy atom. The van der Waals surface area contributed by atoms with E-state index in [2.05, 4.69) is 22.1 Å². The fraction of sp³-hybridized carbons (Fsp3) is 0.333. The zero-order valence-electron chi connectivity index (χ0n) is 13.4. The summed E-state index contributed by atoms with van der Waals surface area (Å²) in [6, 6.07) is 8.71. The number of benzene rings is 1. The Kier molecular flexibility index (Phi) is 5.27. The number of hydrogen-bond donors (Lipinski definition) is 1. The third kappa shape index (κ3) is 4.19. The van der Waals surface area contributed by atoms with E-state index in [1.54, 1.807) is 24.4 Å². The molecule has 0 unspecified atom stereocenters. The van der Waals surface area contributed by atoms with Crippen molar-refractivity contribution in [3.05, 3.63) is 52.3 Å². The maximum atomic E-state index is 12.4. The maximum Gasteiger partial charge on any atom is 0.274 e. The van der Waals surface area contributed by atoms with Gasteiger partial charge in [0.2, 0.25) is 0 Å². The smallest absolute Gasteiger partial charge is 0.274 e. The van der Waals surface area contributed by atoms with Crippen LogP contribution in [0, 0.1) is 5.92 Å². The normalized spacial score (nSPS) is 15.4. The topological polar surface area (TPSA) is 45.2 Å². The molecule has 1 fully saturated rings. The standard InChI is InChI=1S/C18H19Cl2N3O/c1-12-3-6-23(7-4-12)16-2-5-21-17(11-16)18(24)22-15-9-13(19)8-14(20)10-15/h2,5,8-12H,3-4,6-7H2,1H3,(H,22,24). The first kappa shape index (κ1) is 17.1. The molecule has 1 aliphatic rings. The lowest BCUT2D eigenvalue weighted by Crippen LogP contribution is -2.33. The van der Waals surface area contributed by atoms with Gasteiger partial charge in [-0.25, -0.2) is 0 Å². The van der Waals surface area contributed by atoms with Crippen LogP contribution in [-0.4, -0.2) is 24.0 Å². The van der Waals surface area contributed by atoms with Gasteiger partial charge in [0.15, 0.2) is 0 Å². The van der Waals surface area contributed by atoms with Gasteiger partial charge >= 0.3 is 0 Å². The van der Waals surface area contributed by atoms with Gasteiger partial charge in [-0.3, -0.25) is 9.78 Å². The molecule has 6 heteroatoms. The van der Waals surface area contributed by atoms with Crippen LogP contribution in [0.25, 0.3) is 0 Å². The quantitative estimate of drug-likeness (QED) is 0.845. The van der Waals surface area contributed by atoms with Gasteiger partial charge in [-0.2, -0.15) is 0 Å². The molecule has 126 valence electrons. The van der Waals surface area contributed by atoms with Gasteiger partial charge in [-0.05, 0) is 49.1 Å². The number of carbonyl (C=O) groups is 1. The van der Waals surface area contributed by atoms with Crippen molar-refractivity contribution in [3.8, 4) is 0 Å². The third-order valence-corrected chi connectivity index (χ3v) is 4.68. The van der Waals surface area contributed by atoms with Gasteiger partial charge in [0.1, 0.15) is 5.69 Å². The Balaban J connectivity index is 1.74. The van der Waals surface area contributed by atoms with Crippen molar-refractivity contribution >= 4 is 40.5 Å². The number of nitrogens with zero attached hydrogens (tertiary/aromatic N) is 2. The highest BCUT2D eigenvalue weighted by Crippen LogP contribution is 2.25. The molecule has 1 N–H and O–H groups in total. The number of anilines is 2. The molecule has 1 aromatic carbocycles. The fourth-order valence-electron chi connectivity index (χ4n) is 2.83. The van der Waals surface area contributed by atoms with E-state index in [-0.39, 0.29) is 5.91 Å². The van der Waals surface area contributed by atoms with E-state index < -0.39 is 0 Å². The summed E-state index contributed by atoms with van der Waals surface area (Å²) in [5.41, 5.74) is 1.96. The summed E-state index contributed by atoms with van der Waals surface area (Å²) in [7, 11) is 0. The summed E-state index contributed by atoms with van der Waals surface area (Å²) in [6.45, 7) is 4.30. The number of nitrogens with one attached hydrogen (secondary N) is 1. The van der Waals surface area contributed by atoms with Gasteiger partial charge in [0, 0.05) is 40.7 Å². The van der Waals surface area contributed by atoms with Gasteiger partial charge in [0.25, 0.3) is 5.91 Å². The number of piperidine rings is 1. The predicted octanol–water partition coefficient (Wildman–Crippen LogP) is 4.88. The SMILES string of the molecule is CC1CCN(c2ccnc(C(=O)Nc3cc(Cl)cc(Cl)c3)c2)CC1. The van der Waals surface area contributed by atoms with Gasteiger partial charge < -0.3 is 10.2 Å². The molecule has 0 radical (unpaired) electrons. The van der Waals surface area contributed by atoms with Crippen LogP contribution >= 0.6 is 23.2 Å². The highest BCUT2D eigenvalue weighted by atomic mass is 35.5. The monoisotopic (exact) mass is 363 g/mol. The first-order valence-corrected chi connectivity index (χ1v) is 8.75. The Morgan fingerprint density at radius 3 is 2.50 bits per heavy atom. The minimum Gasteiger partial charge on any atom is -0.371 e. The lowest BCUT2D eigenvalue weighted by Gasteiger charge is -2.32. The Morgan fingerprint density at radius 2 is 1.83 bits per heavy atom. The molecule has 24 heavy (non-hydrogen) atoms. The lowest BCUT2D eigenvalue weighted by molar-refractivity contribution is 0.102. The van der Waals surface area contributed by atoms with E-state index in [0.29, 0.717) is 21.4 Å². The van der Waals surface area contributed by atoms with E-state index >= 15 is 0 Å². The summed E-state index contributed by atoms with van der Waals surface area (Å²) < 4.78 is 0. The molecular formula is C18H19Cl2N3O. The minimum atomic E-state index is -0.277. The molecule has 0 atom stereocenters. The molecule has 4 nitrogen and oxygen atoms in total. The lowest BCUT2D eigenvalue weighted by atomic mass is 9.99. The number of carbonyl (C=O) groups excluding carboxylic acids is 1. The van der Waals surface area contributed by atoms with Gasteiger partial charge in [0.05, 0.1) is 0 Å². The molecule has 1 amide bonds. The Bertz CT molecular complexity index is 723. The highest BCUT2D eigenvalue weighted by Gasteiger charge is 2.17. The van der Waals surface area contributed by atoms with Crippen LogP contribution in [0.1, 0.15) is 30.3 Å². The van der Waals surface area contributed by atoms with Crippen LogP contribution in [0.15, 0.2) is 36.5 Å². The summed E-state index contributed by atoms with van der Waals surface area (Å²) >= 11 is 11.9. The van der Waals surface area contributed by atoms with Crippen LogP contribution in [-0.2, 0) is 0 Å². The van der Waals surface area contributed by atoms with E-state index in [1.807, 2.05) is 12.1 Å². The summed E-state index contributed by atoms with van der Waals surface area (Å²) in [6.07, 6.45) is 4.02. The molecule has 0 aliphatic carbocycles. The van der Waals surface area contributed by atoms with Crippen LogP contribution in [0.4, 0.5) is 11.4 Å². The van der Waals surface area contributed by atoms with Gasteiger partial charge in [-0.1, -0.05) is 30.1 Å². The minimum absolute atomic E-state index is 0.277. The van der Waals surface area contributed by atoms with Crippen molar-refractivity contribution in [1.82, 2.24) is 4.98 Å². The van der Waals surface area contributed by atoms with Crippen molar-refractivity contribution in [1.29, 1.82) is 0 Å². The number of halogens is 2. The molecule has 1 aromatic heterocycles. The van der Waals surface area contributed by atoms with Crippen molar-refractivity contribution in [2.24, 2.45) is 5.92 Å². The summed E-state index contributed by atoms with van der Waals surface area (Å²) in [5.74, 6) is 0.485. The Labute approximate surface area is 151 Å².